The molecular weight excluding hydrogens is 160 g/mol. The van der Waals surface area contributed by atoms with Crippen molar-refractivity contribution >= 4 is 11.9 Å². The smallest absolute Gasteiger partial charge is 0.335 e. The third kappa shape index (κ3) is 1.64. The predicted molar refractivity (Wildman–Crippen MR) is 40.5 cm³/mol. The standard InChI is InChI=1S/C8H10O4/c1-2-3-6-5(8(10)11)4-7(9)12-6/h4,6H,2-3H2,1H3,(H,10,11). The summed E-state index contributed by atoms with van der Waals surface area (Å²) in [5, 5.41) is 8.63. The molecule has 4 nitrogen and oxygen atoms in total. The van der Waals surface area contributed by atoms with Crippen LogP contribution in [0.4, 0.5) is 0 Å². The van der Waals surface area contributed by atoms with Crippen LogP contribution >= 0.6 is 0 Å². The first-order valence-electron chi connectivity index (χ1n) is 3.80. The van der Waals surface area contributed by atoms with Gasteiger partial charge in [-0.2, -0.15) is 0 Å². The summed E-state index contributed by atoms with van der Waals surface area (Å²) in [6.45, 7) is 1.91. The lowest BCUT2D eigenvalue weighted by molar-refractivity contribution is -0.139. The van der Waals surface area contributed by atoms with Crippen LogP contribution in [0.15, 0.2) is 11.6 Å². The highest BCUT2D eigenvalue weighted by molar-refractivity contribution is 5.99. The van der Waals surface area contributed by atoms with E-state index in [1.807, 2.05) is 6.92 Å². The normalized spacial score (nSPS) is 21.9. The third-order valence-corrected chi connectivity index (χ3v) is 1.68. The first kappa shape index (κ1) is 8.77. The Morgan fingerprint density at radius 1 is 1.75 bits per heavy atom. The quantitative estimate of drug-likeness (QED) is 0.634. The highest BCUT2D eigenvalue weighted by Crippen LogP contribution is 2.19. The van der Waals surface area contributed by atoms with Gasteiger partial charge in [0.1, 0.15) is 6.10 Å². The minimum atomic E-state index is -1.07. The molecule has 0 aliphatic carbocycles. The maximum atomic E-state index is 10.7. The van der Waals surface area contributed by atoms with Gasteiger partial charge in [-0.3, -0.25) is 0 Å². The summed E-state index contributed by atoms with van der Waals surface area (Å²) in [4.78, 5) is 21.2. The van der Waals surface area contributed by atoms with Gasteiger partial charge in [0.15, 0.2) is 0 Å². The SMILES string of the molecule is CCCC1OC(=O)C=C1C(=O)O. The minimum Gasteiger partial charge on any atom is -0.478 e. The van der Waals surface area contributed by atoms with Crippen molar-refractivity contribution < 1.29 is 19.4 Å². The van der Waals surface area contributed by atoms with Crippen molar-refractivity contribution in [3.05, 3.63) is 11.6 Å². The summed E-state index contributed by atoms with van der Waals surface area (Å²) < 4.78 is 4.76. The number of hydrogen-bond acceptors (Lipinski definition) is 3. The van der Waals surface area contributed by atoms with E-state index in [1.54, 1.807) is 0 Å². The highest BCUT2D eigenvalue weighted by Gasteiger charge is 2.29. The van der Waals surface area contributed by atoms with Crippen LogP contribution in [0.2, 0.25) is 0 Å². The van der Waals surface area contributed by atoms with E-state index in [0.29, 0.717) is 6.42 Å². The zero-order valence-electron chi connectivity index (χ0n) is 6.74. The number of carbonyl (C=O) groups excluding carboxylic acids is 1. The van der Waals surface area contributed by atoms with Gasteiger partial charge in [-0.15, -0.1) is 0 Å². The van der Waals surface area contributed by atoms with Crippen LogP contribution in [0.3, 0.4) is 0 Å². The van der Waals surface area contributed by atoms with Gasteiger partial charge in [0.05, 0.1) is 5.57 Å². The van der Waals surface area contributed by atoms with Gasteiger partial charge in [0.25, 0.3) is 0 Å². The molecule has 0 radical (unpaired) electrons. The van der Waals surface area contributed by atoms with Gasteiger partial charge in [-0.05, 0) is 6.42 Å². The van der Waals surface area contributed by atoms with Gasteiger partial charge in [-0.1, -0.05) is 13.3 Å². The fourth-order valence-corrected chi connectivity index (χ4v) is 1.13. The van der Waals surface area contributed by atoms with Crippen molar-refractivity contribution in [1.29, 1.82) is 0 Å². The average Bonchev–Trinajstić information content (AvgIpc) is 2.32. The molecule has 1 unspecified atom stereocenters. The minimum absolute atomic E-state index is 0.0712. The van der Waals surface area contributed by atoms with E-state index in [1.165, 1.54) is 0 Å². The molecule has 0 spiro atoms. The van der Waals surface area contributed by atoms with Crippen molar-refractivity contribution in [3.63, 3.8) is 0 Å². The number of cyclic esters (lactones) is 1. The van der Waals surface area contributed by atoms with E-state index < -0.39 is 18.0 Å². The molecule has 1 aliphatic heterocycles. The van der Waals surface area contributed by atoms with Crippen molar-refractivity contribution in [2.24, 2.45) is 0 Å². The Balaban J connectivity index is 2.72. The van der Waals surface area contributed by atoms with E-state index in [0.717, 1.165) is 12.5 Å². The molecule has 0 bridgehead atoms. The summed E-state index contributed by atoms with van der Waals surface area (Å²) in [5.41, 5.74) is 0.0712. The topological polar surface area (TPSA) is 63.6 Å². The maximum Gasteiger partial charge on any atom is 0.335 e. The molecule has 1 N–H and O–H groups in total. The fraction of sp³-hybridized carbons (Fsp3) is 0.500. The number of aliphatic carboxylic acids is 1. The summed E-state index contributed by atoms with van der Waals surface area (Å²) in [6.07, 6.45) is 1.87. The Morgan fingerprint density at radius 2 is 2.42 bits per heavy atom. The zero-order valence-corrected chi connectivity index (χ0v) is 6.74. The van der Waals surface area contributed by atoms with Gasteiger partial charge in [0.2, 0.25) is 0 Å². The van der Waals surface area contributed by atoms with E-state index in [-0.39, 0.29) is 5.57 Å². The number of ether oxygens (including phenoxy) is 1. The second-order valence-corrected chi connectivity index (χ2v) is 2.62. The first-order valence-corrected chi connectivity index (χ1v) is 3.80. The number of rotatable bonds is 3. The fourth-order valence-electron chi connectivity index (χ4n) is 1.13. The maximum absolute atomic E-state index is 10.7. The lowest BCUT2D eigenvalue weighted by Crippen LogP contribution is -2.16. The number of carboxylic acid groups (broad SMARTS) is 1. The molecule has 66 valence electrons. The molecule has 0 aromatic heterocycles. The molecule has 0 amide bonds. The Labute approximate surface area is 69.8 Å². The monoisotopic (exact) mass is 170 g/mol. The summed E-state index contributed by atoms with van der Waals surface area (Å²) >= 11 is 0. The Hall–Kier alpha value is -1.32. The number of hydrogen-bond donors (Lipinski definition) is 1. The molecule has 0 saturated heterocycles. The number of esters is 1. The van der Waals surface area contributed by atoms with Crippen molar-refractivity contribution in [3.8, 4) is 0 Å². The molecule has 0 fully saturated rings. The lowest BCUT2D eigenvalue weighted by Gasteiger charge is -2.09. The third-order valence-electron chi connectivity index (χ3n) is 1.68. The van der Waals surface area contributed by atoms with Crippen molar-refractivity contribution in [1.82, 2.24) is 0 Å². The van der Waals surface area contributed by atoms with Gasteiger partial charge in [0, 0.05) is 6.08 Å². The van der Waals surface area contributed by atoms with E-state index in [4.69, 9.17) is 9.84 Å². The Kier molecular flexibility index (Phi) is 2.47. The molecule has 4 heteroatoms. The molecular formula is C8H10O4. The second kappa shape index (κ2) is 3.38. The van der Waals surface area contributed by atoms with E-state index >= 15 is 0 Å². The molecule has 12 heavy (non-hydrogen) atoms. The molecule has 1 atom stereocenters. The highest BCUT2D eigenvalue weighted by atomic mass is 16.5. The Morgan fingerprint density at radius 3 is 2.92 bits per heavy atom. The van der Waals surface area contributed by atoms with Gasteiger partial charge in [-0.25, -0.2) is 9.59 Å². The van der Waals surface area contributed by atoms with Crippen LogP contribution in [0.1, 0.15) is 19.8 Å². The van der Waals surface area contributed by atoms with Crippen LogP contribution in [-0.2, 0) is 14.3 Å². The largest absolute Gasteiger partial charge is 0.478 e. The molecule has 0 aromatic rings. The number of carboxylic acids is 1. The molecule has 1 aliphatic rings. The molecule has 1 rings (SSSR count). The predicted octanol–water partition coefficient (Wildman–Crippen LogP) is 0.723. The zero-order chi connectivity index (χ0) is 9.14. The van der Waals surface area contributed by atoms with Crippen LogP contribution < -0.4 is 0 Å². The molecule has 1 heterocycles. The van der Waals surface area contributed by atoms with Crippen LogP contribution in [-0.4, -0.2) is 23.1 Å². The van der Waals surface area contributed by atoms with E-state index in [9.17, 15) is 9.59 Å². The lowest BCUT2D eigenvalue weighted by atomic mass is 10.1. The Bertz CT molecular complexity index is 241. The molecule has 0 aromatic carbocycles. The van der Waals surface area contributed by atoms with Crippen LogP contribution in [0.5, 0.6) is 0 Å². The summed E-state index contributed by atoms with van der Waals surface area (Å²) in [6, 6.07) is 0. The first-order chi connectivity index (χ1) is 5.65. The summed E-state index contributed by atoms with van der Waals surface area (Å²) in [7, 11) is 0. The number of carbonyl (C=O) groups is 2. The van der Waals surface area contributed by atoms with Crippen LogP contribution in [0, 0.1) is 0 Å². The summed E-state index contributed by atoms with van der Waals surface area (Å²) in [5.74, 6) is -1.62. The molecule has 0 saturated carbocycles. The van der Waals surface area contributed by atoms with Gasteiger partial charge < -0.3 is 9.84 Å². The van der Waals surface area contributed by atoms with Gasteiger partial charge >= 0.3 is 11.9 Å². The van der Waals surface area contributed by atoms with Crippen LogP contribution in [0.25, 0.3) is 0 Å². The second-order valence-electron chi connectivity index (χ2n) is 2.62. The van der Waals surface area contributed by atoms with Crippen molar-refractivity contribution in [2.75, 3.05) is 0 Å². The van der Waals surface area contributed by atoms with E-state index in [2.05, 4.69) is 0 Å². The van der Waals surface area contributed by atoms with Crippen molar-refractivity contribution in [2.45, 2.75) is 25.9 Å². The average molecular weight is 170 g/mol.